The molecular weight excluding hydrogens is 261 g/mol. The van der Waals surface area contributed by atoms with Crippen molar-refractivity contribution in [3.05, 3.63) is 40.8 Å². The van der Waals surface area contributed by atoms with E-state index in [4.69, 9.17) is 5.73 Å². The van der Waals surface area contributed by atoms with Crippen molar-refractivity contribution in [3.8, 4) is 11.4 Å². The SMILES string of the molecule is Nc1nc(-c2ccccc2)nc(Br)c1F. The minimum Gasteiger partial charge on any atom is -0.381 e. The molecule has 0 atom stereocenters. The standard InChI is InChI=1S/C10H7BrFN3/c11-8-7(12)9(13)15-10(14-8)6-4-2-1-3-5-6/h1-5H,(H2,13,14,15). The number of nitrogen functional groups attached to an aromatic ring is 1. The number of nitrogens with two attached hydrogens (primary N) is 1. The van der Waals surface area contributed by atoms with Crippen molar-refractivity contribution >= 4 is 21.7 Å². The molecule has 0 bridgehead atoms. The van der Waals surface area contributed by atoms with E-state index >= 15 is 0 Å². The summed E-state index contributed by atoms with van der Waals surface area (Å²) in [6, 6.07) is 9.25. The Morgan fingerprint density at radius 3 is 2.40 bits per heavy atom. The number of nitrogens with zero attached hydrogens (tertiary/aromatic N) is 2. The second kappa shape index (κ2) is 3.94. The fourth-order valence-corrected chi connectivity index (χ4v) is 1.52. The fourth-order valence-electron chi connectivity index (χ4n) is 1.15. The van der Waals surface area contributed by atoms with Gasteiger partial charge in [-0.25, -0.2) is 9.97 Å². The third-order valence-corrected chi connectivity index (χ3v) is 2.39. The van der Waals surface area contributed by atoms with Gasteiger partial charge in [-0.05, 0) is 15.9 Å². The van der Waals surface area contributed by atoms with Crippen molar-refractivity contribution in [1.82, 2.24) is 9.97 Å². The van der Waals surface area contributed by atoms with Crippen LogP contribution in [0.1, 0.15) is 0 Å². The molecule has 0 fully saturated rings. The molecule has 2 aromatic rings. The molecule has 1 aromatic carbocycles. The summed E-state index contributed by atoms with van der Waals surface area (Å²) in [5, 5.41) is 0. The maximum atomic E-state index is 13.1. The third-order valence-electron chi connectivity index (χ3n) is 1.87. The normalized spacial score (nSPS) is 10.3. The Hall–Kier alpha value is -1.49. The molecule has 0 saturated heterocycles. The van der Waals surface area contributed by atoms with Crippen LogP contribution >= 0.6 is 15.9 Å². The van der Waals surface area contributed by atoms with Crippen LogP contribution in [0.4, 0.5) is 10.2 Å². The molecule has 5 heteroatoms. The summed E-state index contributed by atoms with van der Waals surface area (Å²) >= 11 is 2.99. The van der Waals surface area contributed by atoms with E-state index in [0.29, 0.717) is 5.82 Å². The van der Waals surface area contributed by atoms with Crippen LogP contribution in [0.5, 0.6) is 0 Å². The highest BCUT2D eigenvalue weighted by molar-refractivity contribution is 9.10. The second-order valence-corrected chi connectivity index (χ2v) is 3.65. The summed E-state index contributed by atoms with van der Waals surface area (Å²) in [6.45, 7) is 0. The van der Waals surface area contributed by atoms with E-state index < -0.39 is 5.82 Å². The van der Waals surface area contributed by atoms with Crippen LogP contribution in [-0.2, 0) is 0 Å². The Balaban J connectivity index is 2.56. The highest BCUT2D eigenvalue weighted by Crippen LogP contribution is 2.22. The van der Waals surface area contributed by atoms with Crippen molar-refractivity contribution in [2.24, 2.45) is 0 Å². The van der Waals surface area contributed by atoms with Crippen LogP contribution in [0.15, 0.2) is 34.9 Å². The number of benzene rings is 1. The van der Waals surface area contributed by atoms with Gasteiger partial charge in [0.2, 0.25) is 0 Å². The average molecular weight is 268 g/mol. The maximum Gasteiger partial charge on any atom is 0.197 e. The molecule has 2 rings (SSSR count). The zero-order valence-corrected chi connectivity index (χ0v) is 9.20. The predicted molar refractivity (Wildman–Crippen MR) is 59.5 cm³/mol. The molecule has 3 nitrogen and oxygen atoms in total. The Morgan fingerprint density at radius 1 is 1.13 bits per heavy atom. The first-order chi connectivity index (χ1) is 7.18. The van der Waals surface area contributed by atoms with Crippen LogP contribution < -0.4 is 5.73 Å². The minimum atomic E-state index is -0.630. The number of halogens is 2. The third kappa shape index (κ3) is 1.97. The molecule has 0 amide bonds. The molecule has 2 N–H and O–H groups in total. The molecule has 15 heavy (non-hydrogen) atoms. The van der Waals surface area contributed by atoms with E-state index in [1.807, 2.05) is 30.3 Å². The highest BCUT2D eigenvalue weighted by Gasteiger charge is 2.10. The molecule has 0 aliphatic rings. The Bertz CT molecular complexity index is 464. The van der Waals surface area contributed by atoms with Crippen LogP contribution in [0.3, 0.4) is 0 Å². The van der Waals surface area contributed by atoms with Gasteiger partial charge in [-0.3, -0.25) is 0 Å². The largest absolute Gasteiger partial charge is 0.381 e. The minimum absolute atomic E-state index is 0.0776. The first-order valence-corrected chi connectivity index (χ1v) is 5.01. The van der Waals surface area contributed by atoms with Gasteiger partial charge in [-0.2, -0.15) is 4.39 Å². The highest BCUT2D eigenvalue weighted by atomic mass is 79.9. The molecule has 0 radical (unpaired) electrons. The summed E-state index contributed by atoms with van der Waals surface area (Å²) in [4.78, 5) is 7.82. The van der Waals surface area contributed by atoms with Crippen LogP contribution in [0.2, 0.25) is 0 Å². The second-order valence-electron chi connectivity index (χ2n) is 2.90. The monoisotopic (exact) mass is 267 g/mol. The number of hydrogen-bond donors (Lipinski definition) is 1. The molecule has 0 saturated carbocycles. The zero-order valence-electron chi connectivity index (χ0n) is 7.61. The van der Waals surface area contributed by atoms with Gasteiger partial charge in [0.25, 0.3) is 0 Å². The summed E-state index contributed by atoms with van der Waals surface area (Å²) in [6.07, 6.45) is 0. The Morgan fingerprint density at radius 2 is 1.80 bits per heavy atom. The van der Waals surface area contributed by atoms with Gasteiger partial charge < -0.3 is 5.73 Å². The lowest BCUT2D eigenvalue weighted by Crippen LogP contribution is -2.00. The maximum absolute atomic E-state index is 13.1. The zero-order chi connectivity index (χ0) is 10.8. The first-order valence-electron chi connectivity index (χ1n) is 4.22. The van der Waals surface area contributed by atoms with Crippen LogP contribution in [0.25, 0.3) is 11.4 Å². The van der Waals surface area contributed by atoms with Crippen molar-refractivity contribution in [2.45, 2.75) is 0 Å². The van der Waals surface area contributed by atoms with Gasteiger partial charge in [0, 0.05) is 5.56 Å². The van der Waals surface area contributed by atoms with E-state index in [1.165, 1.54) is 0 Å². The van der Waals surface area contributed by atoms with Gasteiger partial charge in [0.1, 0.15) is 4.60 Å². The Labute approximate surface area is 94.3 Å². The summed E-state index contributed by atoms with van der Waals surface area (Å²) in [5.74, 6) is -0.383. The van der Waals surface area contributed by atoms with Gasteiger partial charge in [-0.15, -0.1) is 0 Å². The molecule has 0 spiro atoms. The van der Waals surface area contributed by atoms with Crippen molar-refractivity contribution in [3.63, 3.8) is 0 Å². The van der Waals surface area contributed by atoms with Gasteiger partial charge in [0.15, 0.2) is 17.5 Å². The van der Waals surface area contributed by atoms with Gasteiger partial charge >= 0.3 is 0 Å². The number of anilines is 1. The molecule has 1 heterocycles. The van der Waals surface area contributed by atoms with Crippen molar-refractivity contribution < 1.29 is 4.39 Å². The summed E-state index contributed by atoms with van der Waals surface area (Å²) < 4.78 is 13.2. The van der Waals surface area contributed by atoms with E-state index in [1.54, 1.807) is 0 Å². The van der Waals surface area contributed by atoms with E-state index in [2.05, 4.69) is 25.9 Å². The lowest BCUT2D eigenvalue weighted by molar-refractivity contribution is 0.612. The molecule has 0 aliphatic carbocycles. The Kier molecular flexibility index (Phi) is 2.64. The van der Waals surface area contributed by atoms with E-state index in [0.717, 1.165) is 5.56 Å². The molecule has 0 unspecified atom stereocenters. The lowest BCUT2D eigenvalue weighted by atomic mass is 10.2. The molecule has 0 aliphatic heterocycles. The average Bonchev–Trinajstić information content (AvgIpc) is 2.26. The number of hydrogen-bond acceptors (Lipinski definition) is 3. The number of aromatic nitrogens is 2. The van der Waals surface area contributed by atoms with Crippen LogP contribution in [-0.4, -0.2) is 9.97 Å². The van der Waals surface area contributed by atoms with Crippen LogP contribution in [0, 0.1) is 5.82 Å². The van der Waals surface area contributed by atoms with Gasteiger partial charge in [0.05, 0.1) is 0 Å². The number of rotatable bonds is 1. The fraction of sp³-hybridized carbons (Fsp3) is 0. The van der Waals surface area contributed by atoms with Crippen molar-refractivity contribution in [1.29, 1.82) is 0 Å². The molecule has 76 valence electrons. The quantitative estimate of drug-likeness (QED) is 0.809. The smallest absolute Gasteiger partial charge is 0.197 e. The predicted octanol–water partition coefficient (Wildman–Crippen LogP) is 2.63. The lowest BCUT2D eigenvalue weighted by Gasteiger charge is -2.03. The van der Waals surface area contributed by atoms with Gasteiger partial charge in [-0.1, -0.05) is 30.3 Å². The summed E-state index contributed by atoms with van der Waals surface area (Å²) in [5.41, 5.74) is 6.20. The first kappa shape index (κ1) is 10.0. The molecular formula is C10H7BrFN3. The van der Waals surface area contributed by atoms with E-state index in [-0.39, 0.29) is 10.4 Å². The topological polar surface area (TPSA) is 51.8 Å². The van der Waals surface area contributed by atoms with Crippen molar-refractivity contribution in [2.75, 3.05) is 5.73 Å². The van der Waals surface area contributed by atoms with E-state index in [9.17, 15) is 4.39 Å². The molecule has 1 aromatic heterocycles. The summed E-state index contributed by atoms with van der Waals surface area (Å²) in [7, 11) is 0.